The lowest BCUT2D eigenvalue weighted by Gasteiger charge is -2.24. The summed E-state index contributed by atoms with van der Waals surface area (Å²) in [5.74, 6) is 0. The fourth-order valence-corrected chi connectivity index (χ4v) is 1.95. The Hall–Kier alpha value is -0.860. The van der Waals surface area contributed by atoms with Gasteiger partial charge in [-0.2, -0.15) is 0 Å². The lowest BCUT2D eigenvalue weighted by atomic mass is 9.88. The highest BCUT2D eigenvalue weighted by Crippen LogP contribution is 2.20. The van der Waals surface area contributed by atoms with Gasteiger partial charge in [-0.25, -0.2) is 0 Å². The van der Waals surface area contributed by atoms with Crippen LogP contribution in [-0.2, 0) is 6.42 Å². The first-order valence-corrected chi connectivity index (χ1v) is 5.32. The first-order valence-electron chi connectivity index (χ1n) is 5.32. The largest absolute Gasteiger partial charge is 0.394 e. The van der Waals surface area contributed by atoms with Crippen molar-refractivity contribution in [3.05, 3.63) is 34.4 Å². The molecule has 0 aromatic heterocycles. The average Bonchev–Trinajstić information content (AvgIpc) is 2.11. The van der Waals surface area contributed by atoms with Crippen molar-refractivity contribution in [1.29, 1.82) is 0 Å². The minimum Gasteiger partial charge on any atom is -0.394 e. The van der Waals surface area contributed by atoms with E-state index < -0.39 is 5.54 Å². The van der Waals surface area contributed by atoms with Gasteiger partial charge < -0.3 is 10.8 Å². The lowest BCUT2D eigenvalue weighted by Crippen LogP contribution is -2.42. The Labute approximate surface area is 92.1 Å². The van der Waals surface area contributed by atoms with Crippen LogP contribution in [0.1, 0.15) is 29.2 Å². The van der Waals surface area contributed by atoms with E-state index in [0.717, 1.165) is 6.42 Å². The van der Waals surface area contributed by atoms with Crippen LogP contribution >= 0.6 is 0 Å². The van der Waals surface area contributed by atoms with Crippen LogP contribution in [0, 0.1) is 20.8 Å². The van der Waals surface area contributed by atoms with Crippen molar-refractivity contribution >= 4 is 0 Å². The van der Waals surface area contributed by atoms with Gasteiger partial charge in [0.1, 0.15) is 0 Å². The molecule has 84 valence electrons. The summed E-state index contributed by atoms with van der Waals surface area (Å²) >= 11 is 0. The fraction of sp³-hybridized carbons (Fsp3) is 0.538. The van der Waals surface area contributed by atoms with E-state index in [4.69, 9.17) is 10.8 Å². The molecule has 0 bridgehead atoms. The van der Waals surface area contributed by atoms with E-state index in [1.807, 2.05) is 6.92 Å². The van der Waals surface area contributed by atoms with Gasteiger partial charge in [-0.3, -0.25) is 0 Å². The van der Waals surface area contributed by atoms with Crippen molar-refractivity contribution in [2.24, 2.45) is 5.73 Å². The Bertz CT molecular complexity index is 333. The predicted molar refractivity (Wildman–Crippen MR) is 64.0 cm³/mol. The molecular formula is C13H21NO. The highest BCUT2D eigenvalue weighted by molar-refractivity contribution is 5.38. The smallest absolute Gasteiger partial charge is 0.0611 e. The molecule has 0 aliphatic rings. The third-order valence-electron chi connectivity index (χ3n) is 2.78. The van der Waals surface area contributed by atoms with Crippen LogP contribution in [0.3, 0.4) is 0 Å². The Kier molecular flexibility index (Phi) is 3.53. The van der Waals surface area contributed by atoms with Crippen LogP contribution in [0.5, 0.6) is 0 Å². The fourth-order valence-electron chi connectivity index (χ4n) is 1.95. The first-order chi connectivity index (χ1) is 6.85. The van der Waals surface area contributed by atoms with E-state index in [2.05, 4.69) is 32.9 Å². The number of aliphatic hydroxyl groups excluding tert-OH is 1. The normalized spacial score (nSPS) is 15.1. The molecule has 0 aliphatic heterocycles. The number of aliphatic hydroxyl groups is 1. The number of hydrogen-bond acceptors (Lipinski definition) is 2. The van der Waals surface area contributed by atoms with Crippen LogP contribution < -0.4 is 5.73 Å². The minimum atomic E-state index is -0.523. The molecule has 2 heteroatoms. The maximum atomic E-state index is 9.17. The molecule has 1 atom stereocenters. The lowest BCUT2D eigenvalue weighted by molar-refractivity contribution is 0.208. The van der Waals surface area contributed by atoms with Crippen LogP contribution in [0.2, 0.25) is 0 Å². The zero-order valence-electron chi connectivity index (χ0n) is 10.1. The zero-order valence-corrected chi connectivity index (χ0v) is 10.1. The van der Waals surface area contributed by atoms with Gasteiger partial charge in [0.15, 0.2) is 0 Å². The Balaban J connectivity index is 3.05. The summed E-state index contributed by atoms with van der Waals surface area (Å²) in [5.41, 5.74) is 10.5. The number of aryl methyl sites for hydroxylation is 3. The van der Waals surface area contributed by atoms with Gasteiger partial charge in [-0.15, -0.1) is 0 Å². The molecule has 2 nitrogen and oxygen atoms in total. The quantitative estimate of drug-likeness (QED) is 0.794. The van der Waals surface area contributed by atoms with Crippen LogP contribution in [0.25, 0.3) is 0 Å². The van der Waals surface area contributed by atoms with Gasteiger partial charge in [0, 0.05) is 5.54 Å². The van der Waals surface area contributed by atoms with Crippen LogP contribution in [0.15, 0.2) is 12.1 Å². The van der Waals surface area contributed by atoms with Crippen molar-refractivity contribution < 1.29 is 5.11 Å². The number of hydrogen-bond donors (Lipinski definition) is 2. The van der Waals surface area contributed by atoms with Gasteiger partial charge in [0.05, 0.1) is 6.61 Å². The summed E-state index contributed by atoms with van der Waals surface area (Å²) in [6.07, 6.45) is 0.724. The average molecular weight is 207 g/mol. The van der Waals surface area contributed by atoms with E-state index in [1.54, 1.807) is 0 Å². The summed E-state index contributed by atoms with van der Waals surface area (Å²) in [5, 5.41) is 9.17. The van der Waals surface area contributed by atoms with Gasteiger partial charge in [0.2, 0.25) is 0 Å². The summed E-state index contributed by atoms with van der Waals surface area (Å²) in [6, 6.07) is 4.32. The van der Waals surface area contributed by atoms with Gasteiger partial charge >= 0.3 is 0 Å². The second-order valence-corrected chi connectivity index (χ2v) is 4.87. The summed E-state index contributed by atoms with van der Waals surface area (Å²) in [4.78, 5) is 0. The van der Waals surface area contributed by atoms with Crippen molar-refractivity contribution in [2.45, 2.75) is 39.7 Å². The zero-order chi connectivity index (χ0) is 11.6. The molecule has 15 heavy (non-hydrogen) atoms. The van der Waals surface area contributed by atoms with E-state index >= 15 is 0 Å². The van der Waals surface area contributed by atoms with E-state index in [-0.39, 0.29) is 6.61 Å². The van der Waals surface area contributed by atoms with Crippen LogP contribution in [0.4, 0.5) is 0 Å². The SMILES string of the molecule is Cc1cc(C)c(CC(C)(N)CO)c(C)c1. The van der Waals surface area contributed by atoms with Crippen molar-refractivity contribution in [3.63, 3.8) is 0 Å². The van der Waals surface area contributed by atoms with Gasteiger partial charge in [-0.05, 0) is 50.8 Å². The number of rotatable bonds is 3. The molecule has 0 radical (unpaired) electrons. The second kappa shape index (κ2) is 4.33. The van der Waals surface area contributed by atoms with E-state index in [9.17, 15) is 0 Å². The van der Waals surface area contributed by atoms with Crippen LogP contribution in [-0.4, -0.2) is 17.3 Å². The summed E-state index contributed by atoms with van der Waals surface area (Å²) < 4.78 is 0. The van der Waals surface area contributed by atoms with E-state index in [1.165, 1.54) is 22.3 Å². The molecule has 0 aliphatic carbocycles. The topological polar surface area (TPSA) is 46.2 Å². The number of nitrogens with two attached hydrogens (primary N) is 1. The molecule has 0 saturated carbocycles. The molecule has 1 aromatic carbocycles. The highest BCUT2D eigenvalue weighted by Gasteiger charge is 2.19. The van der Waals surface area contributed by atoms with Crippen molar-refractivity contribution in [3.8, 4) is 0 Å². The van der Waals surface area contributed by atoms with Crippen molar-refractivity contribution in [2.75, 3.05) is 6.61 Å². The third-order valence-corrected chi connectivity index (χ3v) is 2.78. The summed E-state index contributed by atoms with van der Waals surface area (Å²) in [6.45, 7) is 8.19. The third kappa shape index (κ3) is 3.05. The molecular weight excluding hydrogens is 186 g/mol. The molecule has 3 N–H and O–H groups in total. The highest BCUT2D eigenvalue weighted by atomic mass is 16.3. The molecule has 0 heterocycles. The molecule has 1 rings (SSSR count). The number of benzene rings is 1. The molecule has 0 spiro atoms. The Morgan fingerprint density at radius 3 is 2.07 bits per heavy atom. The standard InChI is InChI=1S/C13H21NO/c1-9-5-10(2)12(11(3)6-9)7-13(4,14)8-15/h5-6,15H,7-8,14H2,1-4H3. The van der Waals surface area contributed by atoms with Gasteiger partial charge in [-0.1, -0.05) is 17.7 Å². The maximum Gasteiger partial charge on any atom is 0.0611 e. The van der Waals surface area contributed by atoms with Crippen molar-refractivity contribution in [1.82, 2.24) is 0 Å². The Morgan fingerprint density at radius 2 is 1.67 bits per heavy atom. The molecule has 0 saturated heterocycles. The summed E-state index contributed by atoms with van der Waals surface area (Å²) in [7, 11) is 0. The van der Waals surface area contributed by atoms with Gasteiger partial charge in [0.25, 0.3) is 0 Å². The molecule has 0 amide bonds. The predicted octanol–water partition coefficient (Wildman–Crippen LogP) is 1.86. The maximum absolute atomic E-state index is 9.17. The first kappa shape index (κ1) is 12.2. The molecule has 0 fully saturated rings. The monoisotopic (exact) mass is 207 g/mol. The van der Waals surface area contributed by atoms with E-state index in [0.29, 0.717) is 0 Å². The minimum absolute atomic E-state index is 0.0136. The second-order valence-electron chi connectivity index (χ2n) is 4.87. The Morgan fingerprint density at radius 1 is 1.20 bits per heavy atom. The molecule has 1 unspecified atom stereocenters. The molecule has 1 aromatic rings.